The zero-order chi connectivity index (χ0) is 13.1. The third kappa shape index (κ3) is 4.95. The van der Waals surface area contributed by atoms with E-state index in [1.165, 1.54) is 6.07 Å². The van der Waals surface area contributed by atoms with Crippen LogP contribution >= 0.6 is 23.2 Å². The van der Waals surface area contributed by atoms with Gasteiger partial charge in [0.2, 0.25) is 10.0 Å². The first-order chi connectivity index (χ1) is 7.79. The minimum atomic E-state index is -3.19. The molecule has 0 unspecified atom stereocenters. The molecule has 1 rings (SSSR count). The van der Waals surface area contributed by atoms with Gasteiger partial charge in [-0.25, -0.2) is 18.1 Å². The highest BCUT2D eigenvalue weighted by Gasteiger charge is 2.06. The van der Waals surface area contributed by atoms with E-state index in [-0.39, 0.29) is 17.4 Å². The van der Waals surface area contributed by atoms with Crippen molar-refractivity contribution in [1.82, 2.24) is 9.71 Å². The second-order valence-electron chi connectivity index (χ2n) is 3.28. The van der Waals surface area contributed by atoms with Gasteiger partial charge in [-0.3, -0.25) is 0 Å². The standard InChI is InChI=1S/C8H12Cl2N4O2S/c1-17(15,16)13-3-2-12-8-6(10)4-5(9)7(11)14-8/h4,13H,2-3H2,1H3,(H3,11,12,14). The van der Waals surface area contributed by atoms with E-state index in [1.807, 2.05) is 0 Å². The molecule has 6 nitrogen and oxygen atoms in total. The molecule has 9 heteroatoms. The zero-order valence-corrected chi connectivity index (χ0v) is 11.3. The number of anilines is 2. The molecule has 1 aromatic heterocycles. The number of nitrogen functional groups attached to an aromatic ring is 1. The Labute approximate surface area is 110 Å². The molecule has 1 aromatic rings. The second-order valence-corrected chi connectivity index (χ2v) is 5.93. The third-order valence-corrected chi connectivity index (χ3v) is 3.06. The molecule has 0 bridgehead atoms. The van der Waals surface area contributed by atoms with Crippen LogP contribution < -0.4 is 15.8 Å². The van der Waals surface area contributed by atoms with E-state index in [9.17, 15) is 8.42 Å². The predicted octanol–water partition coefficient (Wildman–Crippen LogP) is 0.932. The largest absolute Gasteiger partial charge is 0.382 e. The van der Waals surface area contributed by atoms with Crippen molar-refractivity contribution in [3.8, 4) is 0 Å². The first-order valence-electron chi connectivity index (χ1n) is 4.59. The normalized spacial score (nSPS) is 11.5. The number of hydrogen-bond donors (Lipinski definition) is 3. The fraction of sp³-hybridized carbons (Fsp3) is 0.375. The van der Waals surface area contributed by atoms with Gasteiger partial charge in [-0.2, -0.15) is 0 Å². The maximum Gasteiger partial charge on any atom is 0.208 e. The second kappa shape index (κ2) is 5.72. The molecule has 0 amide bonds. The Kier molecular flexibility index (Phi) is 4.81. The van der Waals surface area contributed by atoms with Crippen LogP contribution in [0.1, 0.15) is 0 Å². The highest BCUT2D eigenvalue weighted by atomic mass is 35.5. The molecule has 1 heterocycles. The van der Waals surface area contributed by atoms with E-state index < -0.39 is 10.0 Å². The zero-order valence-electron chi connectivity index (χ0n) is 9.00. The predicted molar refractivity (Wildman–Crippen MR) is 70.0 cm³/mol. The number of nitrogens with two attached hydrogens (primary N) is 1. The van der Waals surface area contributed by atoms with Crippen LogP contribution in [0.4, 0.5) is 11.6 Å². The molecule has 0 aromatic carbocycles. The van der Waals surface area contributed by atoms with Crippen molar-refractivity contribution in [2.24, 2.45) is 0 Å². The lowest BCUT2D eigenvalue weighted by atomic mass is 10.4. The first-order valence-corrected chi connectivity index (χ1v) is 7.24. The minimum Gasteiger partial charge on any atom is -0.382 e. The fourth-order valence-electron chi connectivity index (χ4n) is 1.02. The smallest absolute Gasteiger partial charge is 0.208 e. The Morgan fingerprint density at radius 3 is 2.59 bits per heavy atom. The molecule has 17 heavy (non-hydrogen) atoms. The number of aromatic nitrogens is 1. The molecule has 0 radical (unpaired) electrons. The quantitative estimate of drug-likeness (QED) is 0.703. The van der Waals surface area contributed by atoms with Crippen LogP contribution in [0.15, 0.2) is 6.07 Å². The van der Waals surface area contributed by atoms with Gasteiger partial charge in [-0.15, -0.1) is 0 Å². The molecule has 0 saturated heterocycles. The number of halogens is 2. The third-order valence-electron chi connectivity index (χ3n) is 1.74. The Bertz CT molecular complexity index is 506. The lowest BCUT2D eigenvalue weighted by Crippen LogP contribution is -2.27. The Balaban J connectivity index is 2.55. The summed E-state index contributed by atoms with van der Waals surface area (Å²) in [6.45, 7) is 0.556. The topological polar surface area (TPSA) is 97.1 Å². The van der Waals surface area contributed by atoms with E-state index in [0.29, 0.717) is 17.4 Å². The number of pyridine rings is 1. The summed E-state index contributed by atoms with van der Waals surface area (Å²) in [6.07, 6.45) is 1.08. The van der Waals surface area contributed by atoms with Gasteiger partial charge in [0, 0.05) is 13.1 Å². The highest BCUT2D eigenvalue weighted by Crippen LogP contribution is 2.26. The van der Waals surface area contributed by atoms with Gasteiger partial charge >= 0.3 is 0 Å². The molecule has 0 saturated carbocycles. The average Bonchev–Trinajstić information content (AvgIpc) is 2.18. The van der Waals surface area contributed by atoms with E-state index >= 15 is 0 Å². The molecule has 96 valence electrons. The van der Waals surface area contributed by atoms with Gasteiger partial charge < -0.3 is 11.1 Å². The summed E-state index contributed by atoms with van der Waals surface area (Å²) >= 11 is 11.6. The highest BCUT2D eigenvalue weighted by molar-refractivity contribution is 7.88. The summed E-state index contributed by atoms with van der Waals surface area (Å²) in [6, 6.07) is 1.47. The SMILES string of the molecule is CS(=O)(=O)NCCNc1nc(N)c(Cl)cc1Cl. The van der Waals surface area contributed by atoms with E-state index in [1.54, 1.807) is 0 Å². The van der Waals surface area contributed by atoms with Gasteiger partial charge in [-0.05, 0) is 6.07 Å². The van der Waals surface area contributed by atoms with Gasteiger partial charge in [0.1, 0.15) is 11.6 Å². The molecule has 0 aliphatic carbocycles. The van der Waals surface area contributed by atoms with Crippen LogP contribution in [0.25, 0.3) is 0 Å². The summed E-state index contributed by atoms with van der Waals surface area (Å²) in [4.78, 5) is 3.93. The van der Waals surface area contributed by atoms with Gasteiger partial charge in [-0.1, -0.05) is 23.2 Å². The van der Waals surface area contributed by atoms with Crippen LogP contribution in [-0.4, -0.2) is 32.7 Å². The van der Waals surface area contributed by atoms with Gasteiger partial charge in [0.15, 0.2) is 0 Å². The monoisotopic (exact) mass is 298 g/mol. The van der Waals surface area contributed by atoms with Crippen molar-refractivity contribution in [3.05, 3.63) is 16.1 Å². The summed E-state index contributed by atoms with van der Waals surface area (Å²) in [5.74, 6) is 0.526. The number of nitrogens with zero attached hydrogens (tertiary/aromatic N) is 1. The summed E-state index contributed by atoms with van der Waals surface area (Å²) < 4.78 is 23.9. The molecule has 4 N–H and O–H groups in total. The lowest BCUT2D eigenvalue weighted by Gasteiger charge is -2.09. The van der Waals surface area contributed by atoms with Crippen LogP contribution in [0.3, 0.4) is 0 Å². The Hall–Kier alpha value is -0.760. The van der Waals surface area contributed by atoms with Crippen molar-refractivity contribution < 1.29 is 8.42 Å². The fourth-order valence-corrected chi connectivity index (χ4v) is 1.92. The van der Waals surface area contributed by atoms with Crippen LogP contribution in [-0.2, 0) is 10.0 Å². The van der Waals surface area contributed by atoms with Gasteiger partial charge in [0.05, 0.1) is 16.3 Å². The maximum atomic E-state index is 10.8. The molecule has 0 atom stereocenters. The van der Waals surface area contributed by atoms with Crippen molar-refractivity contribution in [3.63, 3.8) is 0 Å². The Morgan fingerprint density at radius 2 is 2.00 bits per heavy atom. The van der Waals surface area contributed by atoms with Crippen LogP contribution in [0.5, 0.6) is 0 Å². The minimum absolute atomic E-state index is 0.162. The van der Waals surface area contributed by atoms with Crippen molar-refractivity contribution in [1.29, 1.82) is 0 Å². The number of nitrogens with one attached hydrogen (secondary N) is 2. The van der Waals surface area contributed by atoms with Crippen LogP contribution in [0.2, 0.25) is 10.0 Å². The first kappa shape index (κ1) is 14.3. The van der Waals surface area contributed by atoms with Crippen molar-refractivity contribution in [2.45, 2.75) is 0 Å². The van der Waals surface area contributed by atoms with Crippen molar-refractivity contribution in [2.75, 3.05) is 30.4 Å². The average molecular weight is 299 g/mol. The number of hydrogen-bond acceptors (Lipinski definition) is 5. The van der Waals surface area contributed by atoms with E-state index in [0.717, 1.165) is 6.26 Å². The van der Waals surface area contributed by atoms with E-state index in [4.69, 9.17) is 28.9 Å². The van der Waals surface area contributed by atoms with Gasteiger partial charge in [0.25, 0.3) is 0 Å². The number of sulfonamides is 1. The van der Waals surface area contributed by atoms with Crippen LogP contribution in [0, 0.1) is 0 Å². The molecule has 0 spiro atoms. The summed E-state index contributed by atoms with van der Waals surface area (Å²) in [5.41, 5.74) is 5.51. The Morgan fingerprint density at radius 1 is 1.35 bits per heavy atom. The molecule has 0 fully saturated rings. The maximum absolute atomic E-state index is 10.8. The molecule has 0 aliphatic rings. The van der Waals surface area contributed by atoms with E-state index in [2.05, 4.69) is 15.0 Å². The molecular formula is C8H12Cl2N4O2S. The molecule has 0 aliphatic heterocycles. The summed E-state index contributed by atoms with van der Waals surface area (Å²) in [5, 5.41) is 3.44. The lowest BCUT2D eigenvalue weighted by molar-refractivity contribution is 0.589. The molecular weight excluding hydrogens is 287 g/mol. The number of rotatable bonds is 5. The van der Waals surface area contributed by atoms with Crippen molar-refractivity contribution >= 4 is 44.9 Å². The summed E-state index contributed by atoms with van der Waals surface area (Å²) in [7, 11) is -3.19.